The maximum absolute atomic E-state index is 12.4. The van der Waals surface area contributed by atoms with Gasteiger partial charge < -0.3 is 10.1 Å². The van der Waals surface area contributed by atoms with Gasteiger partial charge in [0.2, 0.25) is 0 Å². The molecule has 0 radical (unpaired) electrons. The number of carbonyl (C=O) groups excluding carboxylic acids is 4. The second-order valence-electron chi connectivity index (χ2n) is 6.93. The van der Waals surface area contributed by atoms with Crippen LogP contribution in [0.3, 0.4) is 0 Å². The van der Waals surface area contributed by atoms with Crippen molar-refractivity contribution < 1.29 is 23.9 Å². The molecule has 7 heteroatoms. The lowest BCUT2D eigenvalue weighted by atomic mass is 10.1. The molecule has 1 aliphatic rings. The van der Waals surface area contributed by atoms with Crippen LogP contribution in [0.15, 0.2) is 66.7 Å². The molecular formula is C23H18N2O5. The predicted molar refractivity (Wildman–Crippen MR) is 110 cm³/mol. The molecule has 0 aliphatic carbocycles. The Kier molecular flexibility index (Phi) is 5.02. The Morgan fingerprint density at radius 1 is 0.900 bits per heavy atom. The molecule has 0 unspecified atom stereocenters. The van der Waals surface area contributed by atoms with Gasteiger partial charge in [-0.15, -0.1) is 0 Å². The van der Waals surface area contributed by atoms with E-state index in [1.54, 1.807) is 18.2 Å². The molecule has 0 saturated heterocycles. The zero-order chi connectivity index (χ0) is 21.3. The Morgan fingerprint density at radius 2 is 1.50 bits per heavy atom. The van der Waals surface area contributed by atoms with Gasteiger partial charge in [0.1, 0.15) is 6.54 Å². The molecule has 0 spiro atoms. The van der Waals surface area contributed by atoms with E-state index in [0.717, 1.165) is 15.7 Å². The lowest BCUT2D eigenvalue weighted by Crippen LogP contribution is -2.38. The van der Waals surface area contributed by atoms with Gasteiger partial charge in [-0.25, -0.2) is 0 Å². The van der Waals surface area contributed by atoms with Crippen LogP contribution in [0.5, 0.6) is 0 Å². The maximum atomic E-state index is 12.4. The van der Waals surface area contributed by atoms with Gasteiger partial charge in [0.05, 0.1) is 11.1 Å². The SMILES string of the molecule is C[C@@H](OC(=O)CN1C(=O)c2ccccc2C1=O)C(=O)Nc1ccc2ccccc2c1. The van der Waals surface area contributed by atoms with E-state index in [-0.39, 0.29) is 11.1 Å². The van der Waals surface area contributed by atoms with Crippen LogP contribution in [-0.2, 0) is 14.3 Å². The highest BCUT2D eigenvalue weighted by molar-refractivity contribution is 6.22. The third kappa shape index (κ3) is 3.65. The summed E-state index contributed by atoms with van der Waals surface area (Å²) >= 11 is 0. The number of nitrogens with one attached hydrogen (secondary N) is 1. The molecule has 7 nitrogen and oxygen atoms in total. The van der Waals surface area contributed by atoms with E-state index in [1.165, 1.54) is 19.1 Å². The number of hydrogen-bond donors (Lipinski definition) is 1. The molecule has 1 atom stereocenters. The fraction of sp³-hybridized carbons (Fsp3) is 0.130. The quantitative estimate of drug-likeness (QED) is 0.523. The van der Waals surface area contributed by atoms with Crippen LogP contribution in [0, 0.1) is 0 Å². The molecule has 4 rings (SSSR count). The van der Waals surface area contributed by atoms with Crippen LogP contribution in [-0.4, -0.2) is 41.2 Å². The van der Waals surface area contributed by atoms with Gasteiger partial charge in [-0.05, 0) is 42.0 Å². The number of nitrogens with zero attached hydrogens (tertiary/aromatic N) is 1. The molecule has 0 bridgehead atoms. The topological polar surface area (TPSA) is 92.8 Å². The summed E-state index contributed by atoms with van der Waals surface area (Å²) in [7, 11) is 0. The van der Waals surface area contributed by atoms with Crippen LogP contribution < -0.4 is 5.32 Å². The minimum absolute atomic E-state index is 0.248. The molecule has 3 aromatic carbocycles. The highest BCUT2D eigenvalue weighted by Gasteiger charge is 2.37. The molecule has 1 N–H and O–H groups in total. The second-order valence-corrected chi connectivity index (χ2v) is 6.93. The van der Waals surface area contributed by atoms with Crippen molar-refractivity contribution in [1.82, 2.24) is 4.90 Å². The summed E-state index contributed by atoms with van der Waals surface area (Å²) in [5.74, 6) is -2.46. The molecule has 0 fully saturated rings. The number of anilines is 1. The molecule has 0 saturated carbocycles. The number of hydrogen-bond acceptors (Lipinski definition) is 5. The van der Waals surface area contributed by atoms with Gasteiger partial charge in [0.25, 0.3) is 17.7 Å². The highest BCUT2D eigenvalue weighted by atomic mass is 16.5. The summed E-state index contributed by atoms with van der Waals surface area (Å²) in [4.78, 5) is 50.1. The summed E-state index contributed by atoms with van der Waals surface area (Å²) in [6.45, 7) is 0.872. The maximum Gasteiger partial charge on any atom is 0.326 e. The van der Waals surface area contributed by atoms with Gasteiger partial charge in [-0.1, -0.05) is 42.5 Å². The smallest absolute Gasteiger partial charge is 0.326 e. The standard InChI is InChI=1S/C23H18N2O5/c1-14(21(27)24-17-11-10-15-6-2-3-7-16(15)12-17)30-20(26)13-25-22(28)18-8-4-5-9-19(18)23(25)29/h2-12,14H,13H2,1H3,(H,24,27)/t14-/m1/s1. The average Bonchev–Trinajstić information content (AvgIpc) is 2.98. The first kappa shape index (κ1) is 19.3. The average molecular weight is 402 g/mol. The van der Waals surface area contributed by atoms with E-state index in [9.17, 15) is 19.2 Å². The largest absolute Gasteiger partial charge is 0.451 e. The van der Waals surface area contributed by atoms with E-state index in [1.807, 2.05) is 36.4 Å². The molecule has 3 amide bonds. The van der Waals surface area contributed by atoms with Crippen molar-refractivity contribution in [3.8, 4) is 0 Å². The second kappa shape index (κ2) is 7.79. The van der Waals surface area contributed by atoms with Crippen molar-refractivity contribution in [2.75, 3.05) is 11.9 Å². The Morgan fingerprint density at radius 3 is 2.17 bits per heavy atom. The number of esters is 1. The predicted octanol–water partition coefficient (Wildman–Crippen LogP) is 3.01. The van der Waals surface area contributed by atoms with Crippen LogP contribution in [0.1, 0.15) is 27.6 Å². The molecule has 30 heavy (non-hydrogen) atoms. The van der Waals surface area contributed by atoms with Crippen LogP contribution in [0.4, 0.5) is 5.69 Å². The van der Waals surface area contributed by atoms with Gasteiger partial charge in [0, 0.05) is 5.69 Å². The normalized spacial score (nSPS) is 13.8. The number of ether oxygens (including phenoxy) is 1. The monoisotopic (exact) mass is 402 g/mol. The van der Waals surface area contributed by atoms with Crippen molar-refractivity contribution >= 4 is 40.2 Å². The minimum Gasteiger partial charge on any atom is -0.451 e. The van der Waals surface area contributed by atoms with E-state index in [4.69, 9.17) is 4.74 Å². The lowest BCUT2D eigenvalue weighted by molar-refractivity contribution is -0.153. The number of imide groups is 1. The van der Waals surface area contributed by atoms with Gasteiger partial charge in [-0.3, -0.25) is 24.1 Å². The first-order valence-electron chi connectivity index (χ1n) is 9.38. The fourth-order valence-corrected chi connectivity index (χ4v) is 3.31. The number of amides is 3. The molecule has 150 valence electrons. The van der Waals surface area contributed by atoms with Gasteiger partial charge >= 0.3 is 5.97 Å². The Balaban J connectivity index is 1.37. The van der Waals surface area contributed by atoms with Crippen molar-refractivity contribution in [3.63, 3.8) is 0 Å². The highest BCUT2D eigenvalue weighted by Crippen LogP contribution is 2.22. The zero-order valence-corrected chi connectivity index (χ0v) is 16.1. The summed E-state index contributed by atoms with van der Waals surface area (Å²) in [5, 5.41) is 4.70. The number of rotatable bonds is 5. The first-order valence-corrected chi connectivity index (χ1v) is 9.38. The third-order valence-electron chi connectivity index (χ3n) is 4.86. The molecule has 1 aliphatic heterocycles. The lowest BCUT2D eigenvalue weighted by Gasteiger charge is -2.17. The summed E-state index contributed by atoms with van der Waals surface area (Å²) in [6.07, 6.45) is -1.10. The number of carbonyl (C=O) groups is 4. The summed E-state index contributed by atoms with van der Waals surface area (Å²) < 4.78 is 5.13. The Labute approximate surface area is 172 Å². The van der Waals surface area contributed by atoms with E-state index >= 15 is 0 Å². The molecule has 1 heterocycles. The van der Waals surface area contributed by atoms with Crippen molar-refractivity contribution in [2.24, 2.45) is 0 Å². The number of benzene rings is 3. The van der Waals surface area contributed by atoms with Crippen LogP contribution in [0.25, 0.3) is 10.8 Å². The van der Waals surface area contributed by atoms with Crippen LogP contribution in [0.2, 0.25) is 0 Å². The zero-order valence-electron chi connectivity index (χ0n) is 16.1. The third-order valence-corrected chi connectivity index (χ3v) is 4.86. The number of fused-ring (bicyclic) bond motifs is 2. The Hall–Kier alpha value is -4.00. The molecule has 0 aromatic heterocycles. The minimum atomic E-state index is -1.10. The molecule has 3 aromatic rings. The molecular weight excluding hydrogens is 384 g/mol. The van der Waals surface area contributed by atoms with Gasteiger partial charge in [-0.2, -0.15) is 0 Å². The van der Waals surface area contributed by atoms with Crippen molar-refractivity contribution in [1.29, 1.82) is 0 Å². The van der Waals surface area contributed by atoms with Crippen molar-refractivity contribution in [3.05, 3.63) is 77.9 Å². The summed E-state index contributed by atoms with van der Waals surface area (Å²) in [6, 6.07) is 19.5. The summed E-state index contributed by atoms with van der Waals surface area (Å²) in [5.41, 5.74) is 1.07. The van der Waals surface area contributed by atoms with E-state index < -0.39 is 36.3 Å². The van der Waals surface area contributed by atoms with Crippen LogP contribution >= 0.6 is 0 Å². The Bertz CT molecular complexity index is 1150. The first-order chi connectivity index (χ1) is 14.4. The van der Waals surface area contributed by atoms with Gasteiger partial charge in [0.15, 0.2) is 6.10 Å². The van der Waals surface area contributed by atoms with Crippen molar-refractivity contribution in [2.45, 2.75) is 13.0 Å². The van der Waals surface area contributed by atoms with E-state index in [0.29, 0.717) is 5.69 Å². The fourth-order valence-electron chi connectivity index (χ4n) is 3.31. The van der Waals surface area contributed by atoms with E-state index in [2.05, 4.69) is 5.32 Å².